The second kappa shape index (κ2) is 3.17. The topological polar surface area (TPSA) is 61.3 Å². The fourth-order valence-corrected chi connectivity index (χ4v) is 1.44. The second-order valence-electron chi connectivity index (χ2n) is 3.24. The van der Waals surface area contributed by atoms with E-state index in [1.807, 2.05) is 20.8 Å². The molecule has 1 aromatic carbocycles. The zero-order valence-electron chi connectivity index (χ0n) is 8.56. The Balaban J connectivity index is 3.56. The summed E-state index contributed by atoms with van der Waals surface area (Å²) in [5.74, 6) is 0.695. The lowest BCUT2D eigenvalue weighted by Gasteiger charge is -2.16. The normalized spacial score (nSPS) is 10.2. The van der Waals surface area contributed by atoms with Crippen LogP contribution in [0.3, 0.4) is 0 Å². The van der Waals surface area contributed by atoms with E-state index in [9.17, 15) is 0 Å². The summed E-state index contributed by atoms with van der Waals surface area (Å²) in [6.45, 7) is 5.97. The van der Waals surface area contributed by atoms with Crippen molar-refractivity contribution >= 4 is 11.4 Å². The summed E-state index contributed by atoms with van der Waals surface area (Å²) in [6.07, 6.45) is 0. The molecule has 0 aromatic heterocycles. The summed E-state index contributed by atoms with van der Waals surface area (Å²) in [7, 11) is 1.60. The molecule has 3 heteroatoms. The van der Waals surface area contributed by atoms with Crippen molar-refractivity contribution in [3.63, 3.8) is 0 Å². The third-order valence-corrected chi connectivity index (χ3v) is 2.61. The van der Waals surface area contributed by atoms with Crippen molar-refractivity contribution in [1.82, 2.24) is 0 Å². The first-order chi connectivity index (χ1) is 6.00. The summed E-state index contributed by atoms with van der Waals surface area (Å²) in [4.78, 5) is 0. The van der Waals surface area contributed by atoms with Crippen LogP contribution in [-0.2, 0) is 0 Å². The Bertz CT molecular complexity index is 316. The molecule has 72 valence electrons. The molecule has 0 radical (unpaired) electrons. The highest BCUT2D eigenvalue weighted by Gasteiger charge is 2.13. The molecule has 0 atom stereocenters. The van der Waals surface area contributed by atoms with Crippen LogP contribution in [0.25, 0.3) is 0 Å². The van der Waals surface area contributed by atoms with Gasteiger partial charge in [-0.15, -0.1) is 0 Å². The molecule has 0 bridgehead atoms. The van der Waals surface area contributed by atoms with Gasteiger partial charge in [-0.25, -0.2) is 0 Å². The Morgan fingerprint density at radius 1 is 0.846 bits per heavy atom. The second-order valence-corrected chi connectivity index (χ2v) is 3.24. The molecule has 0 unspecified atom stereocenters. The molecule has 0 fully saturated rings. The zero-order valence-corrected chi connectivity index (χ0v) is 8.56. The minimum atomic E-state index is 0.545. The largest absolute Gasteiger partial charge is 0.494 e. The third kappa shape index (κ3) is 1.30. The molecule has 0 amide bonds. The number of hydrogen-bond acceptors (Lipinski definition) is 3. The molecule has 1 rings (SSSR count). The van der Waals surface area contributed by atoms with Crippen molar-refractivity contribution in [2.24, 2.45) is 0 Å². The van der Waals surface area contributed by atoms with Crippen LogP contribution in [0.1, 0.15) is 16.7 Å². The number of rotatable bonds is 1. The molecule has 0 spiro atoms. The average Bonchev–Trinajstić information content (AvgIpc) is 2.13. The van der Waals surface area contributed by atoms with Crippen molar-refractivity contribution in [3.8, 4) is 5.75 Å². The lowest BCUT2D eigenvalue weighted by atomic mass is 10.00. The molecule has 4 N–H and O–H groups in total. The van der Waals surface area contributed by atoms with Crippen LogP contribution in [-0.4, -0.2) is 7.11 Å². The molecule has 0 saturated heterocycles. The van der Waals surface area contributed by atoms with Gasteiger partial charge in [-0.2, -0.15) is 0 Å². The van der Waals surface area contributed by atoms with E-state index >= 15 is 0 Å². The maximum atomic E-state index is 5.82. The van der Waals surface area contributed by atoms with Crippen molar-refractivity contribution in [3.05, 3.63) is 16.7 Å². The lowest BCUT2D eigenvalue weighted by molar-refractivity contribution is 0.413. The molecule has 0 aliphatic rings. The number of ether oxygens (including phenoxy) is 1. The number of anilines is 2. The van der Waals surface area contributed by atoms with Crippen LogP contribution in [0.5, 0.6) is 5.75 Å². The minimum Gasteiger partial charge on any atom is -0.494 e. The van der Waals surface area contributed by atoms with Gasteiger partial charge in [-0.05, 0) is 37.5 Å². The van der Waals surface area contributed by atoms with E-state index in [1.54, 1.807) is 7.11 Å². The summed E-state index contributed by atoms with van der Waals surface area (Å²) >= 11 is 0. The van der Waals surface area contributed by atoms with Gasteiger partial charge < -0.3 is 16.2 Å². The van der Waals surface area contributed by atoms with Gasteiger partial charge in [0.25, 0.3) is 0 Å². The number of nitrogens with two attached hydrogens (primary N) is 2. The van der Waals surface area contributed by atoms with E-state index in [2.05, 4.69) is 0 Å². The Morgan fingerprint density at radius 3 is 1.85 bits per heavy atom. The van der Waals surface area contributed by atoms with Gasteiger partial charge in [0.1, 0.15) is 5.75 Å². The Kier molecular flexibility index (Phi) is 2.36. The molecule has 13 heavy (non-hydrogen) atoms. The van der Waals surface area contributed by atoms with E-state index in [0.29, 0.717) is 17.1 Å². The molecule has 1 aromatic rings. The van der Waals surface area contributed by atoms with Crippen molar-refractivity contribution in [1.29, 1.82) is 0 Å². The van der Waals surface area contributed by atoms with E-state index in [4.69, 9.17) is 16.2 Å². The summed E-state index contributed by atoms with van der Waals surface area (Å²) in [6, 6.07) is 0. The monoisotopic (exact) mass is 180 g/mol. The molecular weight excluding hydrogens is 164 g/mol. The Labute approximate surface area is 78.7 Å². The van der Waals surface area contributed by atoms with Crippen LogP contribution < -0.4 is 16.2 Å². The zero-order chi connectivity index (χ0) is 10.2. The third-order valence-electron chi connectivity index (χ3n) is 2.61. The maximum Gasteiger partial charge on any atom is 0.147 e. The number of methoxy groups -OCH3 is 1. The Morgan fingerprint density at radius 2 is 1.38 bits per heavy atom. The summed E-state index contributed by atoms with van der Waals surface area (Å²) < 4.78 is 5.19. The van der Waals surface area contributed by atoms with E-state index in [-0.39, 0.29) is 0 Å². The molecular formula is C10H16N2O. The molecule has 0 aliphatic heterocycles. The van der Waals surface area contributed by atoms with E-state index in [0.717, 1.165) is 16.7 Å². The van der Waals surface area contributed by atoms with Gasteiger partial charge in [-0.1, -0.05) is 0 Å². The fourth-order valence-electron chi connectivity index (χ4n) is 1.44. The number of benzene rings is 1. The van der Waals surface area contributed by atoms with Gasteiger partial charge in [-0.3, -0.25) is 0 Å². The highest BCUT2D eigenvalue weighted by atomic mass is 16.5. The van der Waals surface area contributed by atoms with Gasteiger partial charge in [0.15, 0.2) is 0 Å². The maximum absolute atomic E-state index is 5.82. The van der Waals surface area contributed by atoms with Crippen molar-refractivity contribution in [2.75, 3.05) is 18.6 Å². The van der Waals surface area contributed by atoms with E-state index < -0.39 is 0 Å². The lowest BCUT2D eigenvalue weighted by Crippen LogP contribution is -2.04. The van der Waals surface area contributed by atoms with Crippen LogP contribution in [0.2, 0.25) is 0 Å². The first kappa shape index (κ1) is 9.71. The van der Waals surface area contributed by atoms with Gasteiger partial charge in [0.2, 0.25) is 0 Å². The van der Waals surface area contributed by atoms with Crippen LogP contribution in [0.15, 0.2) is 0 Å². The van der Waals surface area contributed by atoms with Gasteiger partial charge in [0, 0.05) is 0 Å². The Hall–Kier alpha value is -1.38. The quantitative estimate of drug-likeness (QED) is 0.648. The predicted octanol–water partition coefficient (Wildman–Crippen LogP) is 1.78. The highest BCUT2D eigenvalue weighted by Crippen LogP contribution is 2.36. The number of nitrogen functional groups attached to an aromatic ring is 2. The highest BCUT2D eigenvalue weighted by molar-refractivity contribution is 5.77. The minimum absolute atomic E-state index is 0.545. The first-order valence-electron chi connectivity index (χ1n) is 4.19. The van der Waals surface area contributed by atoms with Crippen LogP contribution in [0.4, 0.5) is 11.4 Å². The smallest absolute Gasteiger partial charge is 0.147 e. The van der Waals surface area contributed by atoms with Crippen LogP contribution in [0, 0.1) is 20.8 Å². The SMILES string of the molecule is COc1c(C)c(C)c(C)c(N)c1N. The van der Waals surface area contributed by atoms with Gasteiger partial charge in [0.05, 0.1) is 18.5 Å². The fraction of sp³-hybridized carbons (Fsp3) is 0.400. The first-order valence-corrected chi connectivity index (χ1v) is 4.19. The average molecular weight is 180 g/mol. The number of hydrogen-bond donors (Lipinski definition) is 2. The van der Waals surface area contributed by atoms with E-state index in [1.165, 1.54) is 0 Å². The van der Waals surface area contributed by atoms with Crippen molar-refractivity contribution in [2.45, 2.75) is 20.8 Å². The molecule has 0 heterocycles. The standard InChI is InChI=1S/C10H16N2O/c1-5-6(2)8(11)9(12)10(13-4)7(5)3/h11-12H2,1-4H3. The summed E-state index contributed by atoms with van der Waals surface area (Å²) in [5, 5.41) is 0. The predicted molar refractivity (Wildman–Crippen MR) is 56.0 cm³/mol. The van der Waals surface area contributed by atoms with Crippen LogP contribution >= 0.6 is 0 Å². The van der Waals surface area contributed by atoms with Gasteiger partial charge >= 0.3 is 0 Å². The molecule has 0 saturated carbocycles. The molecule has 3 nitrogen and oxygen atoms in total. The summed E-state index contributed by atoms with van der Waals surface area (Å²) in [5.41, 5.74) is 16.0. The molecule has 0 aliphatic carbocycles. The van der Waals surface area contributed by atoms with Crippen molar-refractivity contribution < 1.29 is 4.74 Å².